The zero-order valence-electron chi connectivity index (χ0n) is 16.3. The number of amides is 2. The summed E-state index contributed by atoms with van der Waals surface area (Å²) in [6, 6.07) is 10.0. The third-order valence-electron chi connectivity index (χ3n) is 3.86. The molecule has 0 bridgehead atoms. The van der Waals surface area contributed by atoms with Crippen LogP contribution in [0.15, 0.2) is 54.2 Å². The first-order chi connectivity index (χ1) is 14.0. The molecule has 29 heavy (non-hydrogen) atoms. The van der Waals surface area contributed by atoms with E-state index in [1.807, 2.05) is 0 Å². The van der Waals surface area contributed by atoms with Gasteiger partial charge in [0, 0.05) is 11.3 Å². The summed E-state index contributed by atoms with van der Waals surface area (Å²) in [5.41, 5.74) is 4.08. The number of rotatable bonds is 9. The van der Waals surface area contributed by atoms with Gasteiger partial charge in [-0.2, -0.15) is 5.10 Å². The van der Waals surface area contributed by atoms with Crippen molar-refractivity contribution in [2.24, 2.45) is 5.10 Å². The van der Waals surface area contributed by atoms with Gasteiger partial charge in [-0.25, -0.2) is 5.43 Å². The second-order valence-electron chi connectivity index (χ2n) is 5.97. The molecular formula is C21H23N3O5. The average Bonchev–Trinajstić information content (AvgIpc) is 2.70. The molecule has 0 saturated heterocycles. The van der Waals surface area contributed by atoms with Crippen LogP contribution in [0, 0.1) is 0 Å². The Balaban J connectivity index is 1.92. The fourth-order valence-corrected chi connectivity index (χ4v) is 2.47. The van der Waals surface area contributed by atoms with E-state index in [1.54, 1.807) is 49.6 Å². The minimum atomic E-state index is -0.565. The van der Waals surface area contributed by atoms with Crippen LogP contribution in [-0.2, 0) is 16.0 Å². The van der Waals surface area contributed by atoms with Crippen LogP contribution in [0.5, 0.6) is 17.2 Å². The number of benzene rings is 2. The van der Waals surface area contributed by atoms with Crippen molar-refractivity contribution in [3.05, 3.63) is 60.2 Å². The van der Waals surface area contributed by atoms with Gasteiger partial charge in [-0.15, -0.1) is 6.58 Å². The smallest absolute Gasteiger partial charge is 0.249 e. The minimum Gasteiger partial charge on any atom is -0.504 e. The monoisotopic (exact) mass is 397 g/mol. The number of anilines is 1. The van der Waals surface area contributed by atoms with Crippen molar-refractivity contribution in [2.45, 2.75) is 12.8 Å². The number of phenols is 1. The zero-order chi connectivity index (χ0) is 21.2. The molecule has 0 aliphatic heterocycles. The highest BCUT2D eigenvalue weighted by Crippen LogP contribution is 2.31. The molecule has 0 atom stereocenters. The van der Waals surface area contributed by atoms with E-state index < -0.39 is 11.8 Å². The largest absolute Gasteiger partial charge is 0.504 e. The maximum absolute atomic E-state index is 11.9. The number of hydrogen-bond donors (Lipinski definition) is 3. The number of phenolic OH excluding ortho intramolecular Hbond substituents is 1. The normalized spacial score (nSPS) is 10.4. The second-order valence-corrected chi connectivity index (χ2v) is 5.97. The maximum atomic E-state index is 11.9. The Morgan fingerprint density at radius 1 is 1.14 bits per heavy atom. The lowest BCUT2D eigenvalue weighted by Crippen LogP contribution is -2.24. The Bertz CT molecular complexity index is 907. The van der Waals surface area contributed by atoms with Gasteiger partial charge >= 0.3 is 0 Å². The maximum Gasteiger partial charge on any atom is 0.249 e. The van der Waals surface area contributed by atoms with E-state index in [1.165, 1.54) is 13.3 Å². The van der Waals surface area contributed by atoms with Crippen molar-refractivity contribution in [2.75, 3.05) is 19.5 Å². The molecule has 2 amide bonds. The summed E-state index contributed by atoms with van der Waals surface area (Å²) in [4.78, 5) is 23.8. The molecule has 8 heteroatoms. The molecular weight excluding hydrogens is 374 g/mol. The van der Waals surface area contributed by atoms with Crippen molar-refractivity contribution in [1.82, 2.24) is 5.43 Å². The van der Waals surface area contributed by atoms with E-state index in [0.29, 0.717) is 29.0 Å². The van der Waals surface area contributed by atoms with Gasteiger partial charge < -0.3 is 19.9 Å². The number of ether oxygens (including phenoxy) is 2. The predicted octanol–water partition coefficient (Wildman–Crippen LogP) is 2.62. The fourth-order valence-electron chi connectivity index (χ4n) is 2.47. The lowest BCUT2D eigenvalue weighted by molar-refractivity contribution is -0.126. The number of nitrogens with one attached hydrogen (secondary N) is 2. The summed E-state index contributed by atoms with van der Waals surface area (Å²) in [7, 11) is 2.99. The summed E-state index contributed by atoms with van der Waals surface area (Å²) in [5.74, 6) is -0.0521. The highest BCUT2D eigenvalue weighted by molar-refractivity contribution is 6.03. The molecule has 0 saturated carbocycles. The van der Waals surface area contributed by atoms with Gasteiger partial charge in [0.1, 0.15) is 12.2 Å². The number of methoxy groups -OCH3 is 2. The van der Waals surface area contributed by atoms with Gasteiger partial charge in [-0.1, -0.05) is 6.08 Å². The third kappa shape index (κ3) is 6.39. The molecule has 0 heterocycles. The lowest BCUT2D eigenvalue weighted by Gasteiger charge is -2.09. The van der Waals surface area contributed by atoms with Crippen LogP contribution in [0.2, 0.25) is 0 Å². The van der Waals surface area contributed by atoms with E-state index in [-0.39, 0.29) is 17.9 Å². The number of aromatic hydroxyl groups is 1. The summed E-state index contributed by atoms with van der Waals surface area (Å²) in [5, 5.41) is 16.5. The molecule has 152 valence electrons. The molecule has 0 aromatic heterocycles. The summed E-state index contributed by atoms with van der Waals surface area (Å²) >= 11 is 0. The Labute approximate surface area is 168 Å². The van der Waals surface area contributed by atoms with Gasteiger partial charge in [0.2, 0.25) is 11.8 Å². The first-order valence-electron chi connectivity index (χ1n) is 8.73. The standard InChI is InChI=1S/C21H23N3O5/c1-4-5-15-10-14(11-18(29-3)21(15)27)13-22-24-20(26)12-19(25)23-16-6-8-17(28-2)9-7-16/h4,6-11,13,27H,1,5,12H2,2-3H3,(H,23,25)(H,24,26). The molecule has 2 aromatic rings. The van der Waals surface area contributed by atoms with Crippen LogP contribution in [0.1, 0.15) is 17.5 Å². The van der Waals surface area contributed by atoms with E-state index in [2.05, 4.69) is 22.4 Å². The number of hydrazone groups is 1. The molecule has 0 radical (unpaired) electrons. The van der Waals surface area contributed by atoms with E-state index in [9.17, 15) is 14.7 Å². The Morgan fingerprint density at radius 3 is 2.48 bits per heavy atom. The molecule has 2 aromatic carbocycles. The minimum absolute atomic E-state index is 0.0313. The fraction of sp³-hybridized carbons (Fsp3) is 0.190. The molecule has 3 N–H and O–H groups in total. The highest BCUT2D eigenvalue weighted by Gasteiger charge is 2.10. The third-order valence-corrected chi connectivity index (χ3v) is 3.86. The van der Waals surface area contributed by atoms with Crippen LogP contribution in [0.25, 0.3) is 0 Å². The summed E-state index contributed by atoms with van der Waals surface area (Å²) < 4.78 is 10.2. The Hall–Kier alpha value is -3.81. The SMILES string of the molecule is C=CCc1cc(C=NNC(=O)CC(=O)Nc2ccc(OC)cc2)cc(OC)c1O. The molecule has 0 spiro atoms. The average molecular weight is 397 g/mol. The van der Waals surface area contributed by atoms with Gasteiger partial charge in [-0.05, 0) is 48.4 Å². The number of nitrogens with zero attached hydrogens (tertiary/aromatic N) is 1. The zero-order valence-corrected chi connectivity index (χ0v) is 16.3. The summed E-state index contributed by atoms with van der Waals surface area (Å²) in [6.45, 7) is 3.65. The first-order valence-corrected chi connectivity index (χ1v) is 8.73. The van der Waals surface area contributed by atoms with Crippen molar-refractivity contribution >= 4 is 23.7 Å². The number of allylic oxidation sites excluding steroid dienone is 1. The van der Waals surface area contributed by atoms with Crippen molar-refractivity contribution in [1.29, 1.82) is 0 Å². The number of hydrogen-bond acceptors (Lipinski definition) is 6. The van der Waals surface area contributed by atoms with Crippen molar-refractivity contribution in [3.63, 3.8) is 0 Å². The van der Waals surface area contributed by atoms with E-state index in [0.717, 1.165) is 0 Å². The lowest BCUT2D eigenvalue weighted by atomic mass is 10.1. The van der Waals surface area contributed by atoms with E-state index >= 15 is 0 Å². The molecule has 0 unspecified atom stereocenters. The Kier molecular flexibility index (Phi) is 7.78. The van der Waals surface area contributed by atoms with Crippen LogP contribution >= 0.6 is 0 Å². The van der Waals surface area contributed by atoms with Crippen molar-refractivity contribution < 1.29 is 24.2 Å². The topological polar surface area (TPSA) is 109 Å². The molecule has 0 aliphatic carbocycles. The Morgan fingerprint density at radius 2 is 1.86 bits per heavy atom. The molecule has 0 fully saturated rings. The molecule has 0 aliphatic rings. The second kappa shape index (κ2) is 10.5. The van der Waals surface area contributed by atoms with Crippen LogP contribution in [0.4, 0.5) is 5.69 Å². The van der Waals surface area contributed by atoms with Crippen LogP contribution in [0.3, 0.4) is 0 Å². The van der Waals surface area contributed by atoms with Crippen LogP contribution in [-0.4, -0.2) is 37.4 Å². The van der Waals surface area contributed by atoms with Gasteiger partial charge in [-0.3, -0.25) is 9.59 Å². The van der Waals surface area contributed by atoms with Gasteiger partial charge in [0.15, 0.2) is 11.5 Å². The van der Waals surface area contributed by atoms with Crippen molar-refractivity contribution in [3.8, 4) is 17.2 Å². The molecule has 2 rings (SSSR count). The quantitative estimate of drug-likeness (QED) is 0.261. The molecule has 8 nitrogen and oxygen atoms in total. The first kappa shape index (κ1) is 21.5. The van der Waals surface area contributed by atoms with Gasteiger partial charge in [0.25, 0.3) is 0 Å². The predicted molar refractivity (Wildman–Crippen MR) is 111 cm³/mol. The number of carbonyl (C=O) groups is 2. The van der Waals surface area contributed by atoms with Gasteiger partial charge in [0.05, 0.1) is 20.4 Å². The highest BCUT2D eigenvalue weighted by atomic mass is 16.5. The number of carbonyl (C=O) groups excluding carboxylic acids is 2. The summed E-state index contributed by atoms with van der Waals surface area (Å²) in [6.07, 6.45) is 3.11. The van der Waals surface area contributed by atoms with E-state index in [4.69, 9.17) is 9.47 Å². The van der Waals surface area contributed by atoms with Crippen LogP contribution < -0.4 is 20.2 Å².